The number of aliphatic hydroxyl groups is 1. The number of nitrogens with one attached hydrogen (secondary N) is 2. The lowest BCUT2D eigenvalue weighted by atomic mass is 9.78. The zero-order valence-corrected chi connectivity index (χ0v) is 20.4. The number of benzene rings is 1. The number of phenols is 1. The van der Waals surface area contributed by atoms with Crippen molar-refractivity contribution in [3.63, 3.8) is 0 Å². The van der Waals surface area contributed by atoms with Crippen molar-refractivity contribution < 1.29 is 15.0 Å². The molecule has 0 aromatic heterocycles. The zero-order chi connectivity index (χ0) is 25.0. The Kier molecular flexibility index (Phi) is 12.0. The number of urea groups is 1. The van der Waals surface area contributed by atoms with Gasteiger partial charge in [-0.3, -0.25) is 0 Å². The van der Waals surface area contributed by atoms with Crippen LogP contribution in [0.5, 0.6) is 5.75 Å². The Morgan fingerprint density at radius 1 is 1.24 bits per heavy atom. The summed E-state index contributed by atoms with van der Waals surface area (Å²) in [4.78, 5) is 14.2. The molecule has 3 atom stereocenters. The van der Waals surface area contributed by atoms with Crippen LogP contribution >= 0.6 is 0 Å². The van der Waals surface area contributed by atoms with E-state index in [-0.39, 0.29) is 30.3 Å². The highest BCUT2D eigenvalue weighted by atomic mass is 16.3. The van der Waals surface area contributed by atoms with E-state index in [1.807, 2.05) is 40.1 Å². The van der Waals surface area contributed by atoms with Crippen LogP contribution in [0, 0.1) is 11.3 Å². The zero-order valence-electron chi connectivity index (χ0n) is 20.4. The maximum atomic E-state index is 12.2. The molecule has 0 aliphatic carbocycles. The van der Waals surface area contributed by atoms with Crippen LogP contribution in [0.1, 0.15) is 25.8 Å². The number of hydrogen-bond acceptors (Lipinski definition) is 8. The lowest BCUT2D eigenvalue weighted by Gasteiger charge is -2.36. The van der Waals surface area contributed by atoms with Crippen molar-refractivity contribution in [2.45, 2.75) is 32.7 Å². The predicted octanol–water partition coefficient (Wildman–Crippen LogP) is 0.123. The van der Waals surface area contributed by atoms with Crippen molar-refractivity contribution in [3.05, 3.63) is 41.7 Å². The third-order valence-corrected chi connectivity index (χ3v) is 6.12. The molecule has 0 aliphatic rings. The molecule has 0 saturated heterocycles. The Balaban J connectivity index is 2.44. The summed E-state index contributed by atoms with van der Waals surface area (Å²) >= 11 is 0. The van der Waals surface area contributed by atoms with E-state index in [0.717, 1.165) is 12.0 Å². The van der Waals surface area contributed by atoms with Crippen molar-refractivity contribution in [2.75, 3.05) is 46.9 Å². The summed E-state index contributed by atoms with van der Waals surface area (Å²) in [5.41, 5.74) is 12.9. The van der Waals surface area contributed by atoms with Gasteiger partial charge in [-0.25, -0.2) is 10.6 Å². The first-order valence-electron chi connectivity index (χ1n) is 11.2. The lowest BCUT2D eigenvalue weighted by molar-refractivity contribution is 0.0603. The van der Waals surface area contributed by atoms with E-state index < -0.39 is 5.41 Å². The molecule has 3 unspecified atom stereocenters. The molecule has 0 radical (unpaired) electrons. The molecule has 1 aromatic rings. The van der Waals surface area contributed by atoms with Crippen molar-refractivity contribution in [2.24, 2.45) is 28.6 Å². The van der Waals surface area contributed by atoms with Crippen LogP contribution in [-0.2, 0) is 6.42 Å². The van der Waals surface area contributed by atoms with Gasteiger partial charge in [0, 0.05) is 49.4 Å². The number of likely N-dealkylation sites (N-methyl/N-ethyl adjacent to an activating group) is 1. The van der Waals surface area contributed by atoms with Crippen LogP contribution in [0.15, 0.2) is 36.2 Å². The van der Waals surface area contributed by atoms with Crippen molar-refractivity contribution >= 4 is 6.03 Å². The number of nitrogens with zero attached hydrogens (tertiary/aromatic N) is 2. The fraction of sp³-hybridized carbons (Fsp3) is 0.609. The van der Waals surface area contributed by atoms with Gasteiger partial charge in [-0.2, -0.15) is 0 Å². The topological polar surface area (TPSA) is 166 Å². The number of aromatic hydroxyl groups is 1. The Bertz CT molecular complexity index is 742. The van der Waals surface area contributed by atoms with E-state index in [9.17, 15) is 15.0 Å². The van der Waals surface area contributed by atoms with Crippen LogP contribution in [0.25, 0.3) is 0 Å². The van der Waals surface area contributed by atoms with Gasteiger partial charge in [0.15, 0.2) is 0 Å². The molecule has 0 spiro atoms. The lowest BCUT2D eigenvalue weighted by Crippen LogP contribution is -2.46. The number of carbonyl (C=O) groups is 1. The smallest absolute Gasteiger partial charge is 0.314 e. The van der Waals surface area contributed by atoms with Gasteiger partial charge in [0.25, 0.3) is 0 Å². The molecular weight excluding hydrogens is 422 g/mol. The van der Waals surface area contributed by atoms with Gasteiger partial charge >= 0.3 is 6.03 Å². The summed E-state index contributed by atoms with van der Waals surface area (Å²) < 4.78 is 0. The molecule has 2 amide bonds. The van der Waals surface area contributed by atoms with Gasteiger partial charge in [-0.05, 0) is 50.7 Å². The van der Waals surface area contributed by atoms with E-state index in [4.69, 9.17) is 17.3 Å². The summed E-state index contributed by atoms with van der Waals surface area (Å²) in [6.45, 7) is 5.57. The fourth-order valence-electron chi connectivity index (χ4n) is 3.32. The maximum Gasteiger partial charge on any atom is 0.314 e. The third-order valence-electron chi connectivity index (χ3n) is 6.12. The van der Waals surface area contributed by atoms with Gasteiger partial charge in [-0.1, -0.05) is 26.0 Å². The van der Waals surface area contributed by atoms with Crippen molar-refractivity contribution in [1.29, 1.82) is 0 Å². The number of rotatable bonds is 14. The molecule has 188 valence electrons. The van der Waals surface area contributed by atoms with Crippen molar-refractivity contribution in [1.82, 2.24) is 20.5 Å². The summed E-state index contributed by atoms with van der Waals surface area (Å²) in [5, 5.41) is 26.3. The summed E-state index contributed by atoms with van der Waals surface area (Å²) in [5.74, 6) is 6.37. The molecule has 1 rings (SSSR count). The number of hydrogen-bond donors (Lipinski definition) is 7. The molecule has 0 saturated carbocycles. The Morgan fingerprint density at radius 2 is 1.88 bits per heavy atom. The van der Waals surface area contributed by atoms with Gasteiger partial charge in [0.1, 0.15) is 5.75 Å². The van der Waals surface area contributed by atoms with Gasteiger partial charge in [0.05, 0.1) is 6.61 Å². The quantitative estimate of drug-likeness (QED) is 0.150. The molecule has 33 heavy (non-hydrogen) atoms. The number of carbonyl (C=O) groups excluding carboxylic acids is 1. The van der Waals surface area contributed by atoms with Gasteiger partial charge in [0.2, 0.25) is 0 Å². The Hall–Kier alpha value is -2.53. The number of aliphatic hydroxyl groups excluding tert-OH is 1. The molecule has 10 nitrogen and oxygen atoms in total. The van der Waals surface area contributed by atoms with E-state index in [2.05, 4.69) is 15.5 Å². The molecule has 10 N–H and O–H groups in total. The van der Waals surface area contributed by atoms with Gasteiger partial charge < -0.3 is 42.2 Å². The second-order valence-corrected chi connectivity index (χ2v) is 9.20. The normalized spacial score (nSPS) is 15.6. The summed E-state index contributed by atoms with van der Waals surface area (Å²) in [7, 11) is 3.93. The highest BCUT2D eigenvalue weighted by Crippen LogP contribution is 2.26. The number of amides is 2. The second kappa shape index (κ2) is 13.9. The molecule has 10 heteroatoms. The van der Waals surface area contributed by atoms with Crippen LogP contribution in [-0.4, -0.2) is 79.1 Å². The highest BCUT2D eigenvalue weighted by Gasteiger charge is 2.31. The van der Waals surface area contributed by atoms with E-state index in [0.29, 0.717) is 38.3 Å². The Morgan fingerprint density at radius 3 is 2.42 bits per heavy atom. The predicted molar refractivity (Wildman–Crippen MR) is 132 cm³/mol. The molecule has 0 bridgehead atoms. The fourth-order valence-corrected chi connectivity index (χ4v) is 3.32. The largest absolute Gasteiger partial charge is 0.508 e. The second-order valence-electron chi connectivity index (χ2n) is 9.20. The van der Waals surface area contributed by atoms with E-state index in [1.54, 1.807) is 18.3 Å². The molecule has 1 aromatic carbocycles. The van der Waals surface area contributed by atoms with E-state index in [1.165, 1.54) is 5.01 Å². The molecular formula is C23H43N7O3. The standard InChI is InChI=1S/C23H43N7O3/c1-17(12-24)23(2,16-31)15-30(26)14-19(25)9-10-27-22(33)28-13-20(29(3)4)11-18-5-7-21(32)8-6-18/h5-8,14,17,20,31-32H,9-13,15-16,24-26H2,1-4H3,(H2,27,28,33)/b19-14-. The molecule has 0 heterocycles. The minimum Gasteiger partial charge on any atom is -0.508 e. The highest BCUT2D eigenvalue weighted by molar-refractivity contribution is 5.73. The summed E-state index contributed by atoms with van der Waals surface area (Å²) in [6.07, 6.45) is 2.80. The van der Waals surface area contributed by atoms with Crippen LogP contribution in [0.2, 0.25) is 0 Å². The van der Waals surface area contributed by atoms with E-state index >= 15 is 0 Å². The number of nitrogens with two attached hydrogens (primary N) is 3. The molecule has 0 fully saturated rings. The average Bonchev–Trinajstić information content (AvgIpc) is 2.76. The summed E-state index contributed by atoms with van der Waals surface area (Å²) in [6, 6.07) is 6.91. The molecule has 0 aliphatic heterocycles. The van der Waals surface area contributed by atoms with Crippen LogP contribution in [0.4, 0.5) is 4.79 Å². The van der Waals surface area contributed by atoms with Gasteiger partial charge in [-0.15, -0.1) is 0 Å². The first-order valence-corrected chi connectivity index (χ1v) is 11.2. The SMILES string of the molecule is CC(CN)C(C)(CO)CN(N)/C=C(\N)CCNC(=O)NCC(Cc1ccc(O)cc1)N(C)C. The first-order chi connectivity index (χ1) is 15.5. The monoisotopic (exact) mass is 465 g/mol. The minimum absolute atomic E-state index is 0.0325. The average molecular weight is 466 g/mol. The van der Waals surface area contributed by atoms with Crippen molar-refractivity contribution in [3.8, 4) is 5.75 Å². The maximum absolute atomic E-state index is 12.2. The Labute approximate surface area is 197 Å². The minimum atomic E-state index is -0.443. The number of phenolic OH excluding ortho intramolecular Hbond substituents is 1. The first kappa shape index (κ1) is 28.5. The van der Waals surface area contributed by atoms with Crippen LogP contribution < -0.4 is 27.9 Å². The number of hydrazine groups is 1. The van der Waals surface area contributed by atoms with Crippen LogP contribution in [0.3, 0.4) is 0 Å². The third kappa shape index (κ3) is 10.3.